The van der Waals surface area contributed by atoms with Crippen LogP contribution in [0.3, 0.4) is 0 Å². The average molecular weight is 307 g/mol. The van der Waals surface area contributed by atoms with E-state index in [1.165, 1.54) is 17.0 Å². The van der Waals surface area contributed by atoms with Crippen molar-refractivity contribution < 1.29 is 19.6 Å². The van der Waals surface area contributed by atoms with Crippen LogP contribution in [0, 0.1) is 22.5 Å². The van der Waals surface area contributed by atoms with Gasteiger partial charge in [-0.05, 0) is 31.9 Å². The van der Waals surface area contributed by atoms with Crippen LogP contribution in [0.4, 0.5) is 11.4 Å². The summed E-state index contributed by atoms with van der Waals surface area (Å²) in [5.74, 6) is -1.44. The Hall–Kier alpha value is -2.64. The second-order valence-electron chi connectivity index (χ2n) is 5.84. The van der Waals surface area contributed by atoms with Gasteiger partial charge in [-0.2, -0.15) is 0 Å². The summed E-state index contributed by atoms with van der Waals surface area (Å²) in [5, 5.41) is 20.2. The molecule has 2 rings (SSSR count). The van der Waals surface area contributed by atoms with Crippen LogP contribution in [0.25, 0.3) is 0 Å². The van der Waals surface area contributed by atoms with Gasteiger partial charge in [-0.3, -0.25) is 19.7 Å². The molecule has 1 aromatic rings. The first-order valence-electron chi connectivity index (χ1n) is 6.73. The van der Waals surface area contributed by atoms with Gasteiger partial charge in [0.15, 0.2) is 0 Å². The molecule has 0 aromatic heterocycles. The molecular weight excluding hydrogens is 290 g/mol. The summed E-state index contributed by atoms with van der Waals surface area (Å²) in [7, 11) is 0. The van der Waals surface area contributed by atoms with Crippen LogP contribution < -0.4 is 5.73 Å². The largest absolute Gasteiger partial charge is 0.481 e. The fourth-order valence-electron chi connectivity index (χ4n) is 2.59. The minimum absolute atomic E-state index is 0.0429. The van der Waals surface area contributed by atoms with E-state index in [0.29, 0.717) is 12.0 Å². The molecule has 1 aliphatic heterocycles. The third kappa shape index (κ3) is 2.59. The quantitative estimate of drug-likeness (QED) is 0.494. The molecule has 0 saturated carbocycles. The number of nitrogen functional groups attached to an aromatic ring is 1. The summed E-state index contributed by atoms with van der Waals surface area (Å²) < 4.78 is 0. The number of aryl methyl sites for hydroxylation is 1. The number of anilines is 1. The molecule has 8 heteroatoms. The number of benzene rings is 1. The molecule has 22 heavy (non-hydrogen) atoms. The number of carbonyl (C=O) groups is 2. The predicted octanol–water partition coefficient (Wildman–Crippen LogP) is 1.42. The first-order chi connectivity index (χ1) is 10.2. The SMILES string of the molecule is Cc1cc(C(=O)N2CCC(C)(C(=O)O)C2)c(N)c([N+](=O)[O-])c1. The number of hydrogen-bond donors (Lipinski definition) is 2. The van der Waals surface area contributed by atoms with Crippen molar-refractivity contribution in [3.8, 4) is 0 Å². The lowest BCUT2D eigenvalue weighted by Gasteiger charge is -2.21. The fourth-order valence-corrected chi connectivity index (χ4v) is 2.59. The molecule has 1 atom stereocenters. The van der Waals surface area contributed by atoms with E-state index >= 15 is 0 Å². The number of nitrogens with two attached hydrogens (primary N) is 1. The maximum Gasteiger partial charge on any atom is 0.311 e. The van der Waals surface area contributed by atoms with Gasteiger partial charge in [-0.1, -0.05) is 0 Å². The van der Waals surface area contributed by atoms with Gasteiger partial charge in [0.1, 0.15) is 5.69 Å². The van der Waals surface area contributed by atoms with E-state index in [4.69, 9.17) is 5.73 Å². The van der Waals surface area contributed by atoms with E-state index in [2.05, 4.69) is 0 Å². The van der Waals surface area contributed by atoms with E-state index in [1.54, 1.807) is 13.8 Å². The molecule has 1 amide bonds. The number of hydrogen-bond acceptors (Lipinski definition) is 5. The standard InChI is InChI=1S/C14H17N3O5/c1-8-5-9(11(15)10(6-8)17(21)22)12(18)16-4-3-14(2,7-16)13(19)20/h5-6H,3-4,7,15H2,1-2H3,(H,19,20). The number of nitro benzene ring substituents is 1. The summed E-state index contributed by atoms with van der Waals surface area (Å²) in [6.45, 7) is 3.55. The Morgan fingerprint density at radius 3 is 2.59 bits per heavy atom. The van der Waals surface area contributed by atoms with Crippen molar-refractivity contribution in [1.29, 1.82) is 0 Å². The van der Waals surface area contributed by atoms with Gasteiger partial charge in [0.05, 0.1) is 15.9 Å². The fraction of sp³-hybridized carbons (Fsp3) is 0.429. The number of carboxylic acids is 1. The monoisotopic (exact) mass is 307 g/mol. The van der Waals surface area contributed by atoms with Gasteiger partial charge in [0.25, 0.3) is 11.6 Å². The third-order valence-corrected chi connectivity index (χ3v) is 4.01. The van der Waals surface area contributed by atoms with Crippen LogP contribution in [0.15, 0.2) is 12.1 Å². The molecule has 1 aliphatic rings. The van der Waals surface area contributed by atoms with Crippen LogP contribution in [0.5, 0.6) is 0 Å². The van der Waals surface area contributed by atoms with Crippen LogP contribution in [-0.2, 0) is 4.79 Å². The normalized spacial score (nSPS) is 20.9. The molecule has 118 valence electrons. The Morgan fingerprint density at radius 2 is 2.09 bits per heavy atom. The first-order valence-corrected chi connectivity index (χ1v) is 6.73. The highest BCUT2D eigenvalue weighted by Crippen LogP contribution is 2.33. The average Bonchev–Trinajstić information content (AvgIpc) is 2.84. The molecule has 0 aliphatic carbocycles. The summed E-state index contributed by atoms with van der Waals surface area (Å²) in [4.78, 5) is 35.5. The van der Waals surface area contributed by atoms with E-state index in [9.17, 15) is 24.8 Å². The van der Waals surface area contributed by atoms with E-state index in [1.807, 2.05) is 0 Å². The van der Waals surface area contributed by atoms with Crippen molar-refractivity contribution in [3.05, 3.63) is 33.4 Å². The van der Waals surface area contributed by atoms with E-state index < -0.39 is 22.2 Å². The Balaban J connectivity index is 2.36. The van der Waals surface area contributed by atoms with Gasteiger partial charge >= 0.3 is 5.97 Å². The lowest BCUT2D eigenvalue weighted by atomic mass is 9.90. The van der Waals surface area contributed by atoms with Crippen LogP contribution in [0.2, 0.25) is 0 Å². The van der Waals surface area contributed by atoms with E-state index in [-0.39, 0.29) is 30.0 Å². The summed E-state index contributed by atoms with van der Waals surface area (Å²) in [6, 6.07) is 2.79. The smallest absolute Gasteiger partial charge is 0.311 e. The molecule has 0 bridgehead atoms. The van der Waals surface area contributed by atoms with Gasteiger partial charge in [0, 0.05) is 19.2 Å². The second kappa shape index (κ2) is 5.28. The van der Waals surface area contributed by atoms with Crippen molar-refractivity contribution in [1.82, 2.24) is 4.90 Å². The number of carbonyl (C=O) groups excluding carboxylic acids is 1. The Morgan fingerprint density at radius 1 is 1.45 bits per heavy atom. The lowest BCUT2D eigenvalue weighted by Crippen LogP contribution is -2.35. The second-order valence-corrected chi connectivity index (χ2v) is 5.84. The molecule has 3 N–H and O–H groups in total. The molecule has 1 unspecified atom stereocenters. The number of rotatable bonds is 3. The number of carboxylic acid groups (broad SMARTS) is 1. The molecule has 0 spiro atoms. The maximum atomic E-state index is 12.5. The lowest BCUT2D eigenvalue weighted by molar-refractivity contribution is -0.384. The minimum Gasteiger partial charge on any atom is -0.481 e. The topological polar surface area (TPSA) is 127 Å². The number of amides is 1. The summed E-state index contributed by atoms with van der Waals surface area (Å²) in [6.07, 6.45) is 0.335. The number of likely N-dealkylation sites (tertiary alicyclic amines) is 1. The number of nitrogens with zero attached hydrogens (tertiary/aromatic N) is 2. The van der Waals surface area contributed by atoms with Crippen LogP contribution >= 0.6 is 0 Å². The predicted molar refractivity (Wildman–Crippen MR) is 78.5 cm³/mol. The summed E-state index contributed by atoms with van der Waals surface area (Å²) >= 11 is 0. The summed E-state index contributed by atoms with van der Waals surface area (Å²) in [5.41, 5.74) is 4.83. The zero-order valence-electron chi connectivity index (χ0n) is 12.3. The molecule has 0 radical (unpaired) electrons. The van der Waals surface area contributed by atoms with Crippen molar-refractivity contribution in [3.63, 3.8) is 0 Å². The van der Waals surface area contributed by atoms with Crippen molar-refractivity contribution in [2.45, 2.75) is 20.3 Å². The van der Waals surface area contributed by atoms with Crippen LogP contribution in [-0.4, -0.2) is 39.9 Å². The minimum atomic E-state index is -1.000. The molecule has 1 saturated heterocycles. The van der Waals surface area contributed by atoms with Gasteiger partial charge in [-0.25, -0.2) is 0 Å². The Kier molecular flexibility index (Phi) is 3.78. The van der Waals surface area contributed by atoms with Gasteiger partial charge in [0.2, 0.25) is 0 Å². The Labute approximate surface area is 126 Å². The highest BCUT2D eigenvalue weighted by molar-refractivity contribution is 6.01. The van der Waals surface area contributed by atoms with Crippen molar-refractivity contribution >= 4 is 23.3 Å². The molecule has 8 nitrogen and oxygen atoms in total. The van der Waals surface area contributed by atoms with Crippen molar-refractivity contribution in [2.24, 2.45) is 5.41 Å². The van der Waals surface area contributed by atoms with E-state index in [0.717, 1.165) is 0 Å². The van der Waals surface area contributed by atoms with Crippen molar-refractivity contribution in [2.75, 3.05) is 18.8 Å². The number of aliphatic carboxylic acids is 1. The molecule has 1 aromatic carbocycles. The maximum absolute atomic E-state index is 12.5. The third-order valence-electron chi connectivity index (χ3n) is 4.01. The highest BCUT2D eigenvalue weighted by Gasteiger charge is 2.42. The molecule has 1 heterocycles. The molecule has 1 fully saturated rings. The van der Waals surface area contributed by atoms with Gasteiger partial charge in [-0.15, -0.1) is 0 Å². The highest BCUT2D eigenvalue weighted by atomic mass is 16.6. The number of nitro groups is 1. The Bertz CT molecular complexity index is 673. The molecular formula is C14H17N3O5. The van der Waals surface area contributed by atoms with Crippen LogP contribution in [0.1, 0.15) is 29.3 Å². The zero-order chi connectivity index (χ0) is 16.7. The van der Waals surface area contributed by atoms with Gasteiger partial charge < -0.3 is 15.7 Å². The zero-order valence-corrected chi connectivity index (χ0v) is 12.3. The first kappa shape index (κ1) is 15.7.